The number of hydrogen-bond acceptors (Lipinski definition) is 5. The first-order chi connectivity index (χ1) is 13.1. The number of hydrogen-bond donors (Lipinski definition) is 0. The highest BCUT2D eigenvalue weighted by molar-refractivity contribution is 6.05. The Morgan fingerprint density at radius 1 is 1.15 bits per heavy atom. The van der Waals surface area contributed by atoms with Gasteiger partial charge in [-0.25, -0.2) is 5.01 Å². The van der Waals surface area contributed by atoms with Gasteiger partial charge in [0.1, 0.15) is 17.2 Å². The molecule has 142 valence electrons. The maximum absolute atomic E-state index is 12.3. The van der Waals surface area contributed by atoms with E-state index in [0.717, 1.165) is 22.6 Å². The molecular weight excluding hydrogens is 344 g/mol. The first-order valence-corrected chi connectivity index (χ1v) is 8.90. The third-order valence-corrected chi connectivity index (χ3v) is 4.53. The molecule has 0 saturated carbocycles. The minimum Gasteiger partial charge on any atom is -0.497 e. The monoisotopic (exact) mass is 368 g/mol. The van der Waals surface area contributed by atoms with Gasteiger partial charge in [-0.3, -0.25) is 4.79 Å². The van der Waals surface area contributed by atoms with Crippen molar-refractivity contribution in [1.29, 1.82) is 0 Å². The zero-order valence-corrected chi connectivity index (χ0v) is 16.1. The van der Waals surface area contributed by atoms with E-state index >= 15 is 0 Å². The molecule has 3 rings (SSSR count). The minimum absolute atomic E-state index is 0.117. The zero-order valence-electron chi connectivity index (χ0n) is 16.1. The molecule has 2 aromatic carbocycles. The van der Waals surface area contributed by atoms with Crippen LogP contribution in [0.25, 0.3) is 0 Å². The summed E-state index contributed by atoms with van der Waals surface area (Å²) >= 11 is 0. The zero-order chi connectivity index (χ0) is 19.4. The van der Waals surface area contributed by atoms with Crippen LogP contribution in [0.1, 0.15) is 37.4 Å². The third kappa shape index (κ3) is 3.74. The van der Waals surface area contributed by atoms with E-state index in [1.54, 1.807) is 14.2 Å². The predicted molar refractivity (Wildman–Crippen MR) is 104 cm³/mol. The normalized spacial score (nSPS) is 16.1. The van der Waals surface area contributed by atoms with Crippen molar-refractivity contribution in [3.8, 4) is 17.2 Å². The van der Waals surface area contributed by atoms with E-state index in [1.165, 1.54) is 11.9 Å². The fraction of sp³-hybridized carbons (Fsp3) is 0.333. The van der Waals surface area contributed by atoms with Crippen LogP contribution in [-0.4, -0.2) is 37.5 Å². The van der Waals surface area contributed by atoms with Crippen molar-refractivity contribution in [3.63, 3.8) is 0 Å². The molecule has 1 atom stereocenters. The van der Waals surface area contributed by atoms with Gasteiger partial charge in [-0.15, -0.1) is 0 Å². The van der Waals surface area contributed by atoms with E-state index in [0.29, 0.717) is 24.5 Å². The first kappa shape index (κ1) is 18.8. The van der Waals surface area contributed by atoms with Crippen LogP contribution in [0.3, 0.4) is 0 Å². The number of benzene rings is 2. The van der Waals surface area contributed by atoms with Crippen LogP contribution in [0, 0.1) is 0 Å². The number of amides is 1. The van der Waals surface area contributed by atoms with E-state index < -0.39 is 0 Å². The number of nitrogens with zero attached hydrogens (tertiary/aromatic N) is 2. The lowest BCUT2D eigenvalue weighted by Crippen LogP contribution is -2.24. The third-order valence-electron chi connectivity index (χ3n) is 4.53. The molecule has 1 aliphatic rings. The Labute approximate surface area is 159 Å². The molecule has 2 aromatic rings. The van der Waals surface area contributed by atoms with Gasteiger partial charge in [0.05, 0.1) is 32.6 Å². The van der Waals surface area contributed by atoms with Crippen molar-refractivity contribution in [2.75, 3.05) is 20.8 Å². The second-order valence-electron chi connectivity index (χ2n) is 6.17. The molecule has 0 radical (unpaired) electrons. The summed E-state index contributed by atoms with van der Waals surface area (Å²) < 4.78 is 16.5. The largest absolute Gasteiger partial charge is 0.497 e. The van der Waals surface area contributed by atoms with Gasteiger partial charge in [0, 0.05) is 30.5 Å². The average Bonchev–Trinajstić information content (AvgIpc) is 3.13. The highest BCUT2D eigenvalue weighted by atomic mass is 16.5. The molecule has 1 heterocycles. The Kier molecular flexibility index (Phi) is 5.64. The van der Waals surface area contributed by atoms with Crippen LogP contribution in [0.15, 0.2) is 47.6 Å². The number of carbonyl (C=O) groups excluding carboxylic acids is 1. The van der Waals surface area contributed by atoms with E-state index in [9.17, 15) is 4.79 Å². The fourth-order valence-electron chi connectivity index (χ4n) is 3.29. The number of para-hydroxylation sites is 1. The van der Waals surface area contributed by atoms with Crippen LogP contribution >= 0.6 is 0 Å². The number of methoxy groups -OCH3 is 2. The highest BCUT2D eigenvalue weighted by Gasteiger charge is 2.34. The van der Waals surface area contributed by atoms with Crippen molar-refractivity contribution in [2.24, 2.45) is 5.10 Å². The van der Waals surface area contributed by atoms with E-state index in [2.05, 4.69) is 5.10 Å². The van der Waals surface area contributed by atoms with E-state index in [1.807, 2.05) is 49.4 Å². The summed E-state index contributed by atoms with van der Waals surface area (Å²) in [6.45, 7) is 4.02. The second kappa shape index (κ2) is 8.12. The Morgan fingerprint density at radius 3 is 2.59 bits per heavy atom. The molecule has 27 heavy (non-hydrogen) atoms. The molecule has 6 nitrogen and oxygen atoms in total. The molecule has 0 N–H and O–H groups in total. The van der Waals surface area contributed by atoms with Crippen LogP contribution in [-0.2, 0) is 4.79 Å². The van der Waals surface area contributed by atoms with Crippen LogP contribution < -0.4 is 14.2 Å². The summed E-state index contributed by atoms with van der Waals surface area (Å²) in [7, 11) is 3.22. The lowest BCUT2D eigenvalue weighted by atomic mass is 9.97. The van der Waals surface area contributed by atoms with E-state index in [4.69, 9.17) is 14.2 Å². The number of carbonyl (C=O) groups is 1. The lowest BCUT2D eigenvalue weighted by molar-refractivity contribution is -0.130. The molecule has 0 fully saturated rings. The molecule has 0 unspecified atom stereocenters. The lowest BCUT2D eigenvalue weighted by Gasteiger charge is -2.22. The molecule has 6 heteroatoms. The van der Waals surface area contributed by atoms with Gasteiger partial charge in [0.2, 0.25) is 5.91 Å². The Hall–Kier alpha value is -3.02. The van der Waals surface area contributed by atoms with Crippen molar-refractivity contribution >= 4 is 11.6 Å². The second-order valence-corrected chi connectivity index (χ2v) is 6.17. The molecule has 0 spiro atoms. The summed E-state index contributed by atoms with van der Waals surface area (Å²) in [5, 5.41) is 6.13. The molecule has 0 aliphatic carbocycles. The summed E-state index contributed by atoms with van der Waals surface area (Å²) in [6.07, 6.45) is 0.576. The van der Waals surface area contributed by atoms with Crippen molar-refractivity contribution < 1.29 is 19.0 Å². The van der Waals surface area contributed by atoms with Gasteiger partial charge in [-0.05, 0) is 25.1 Å². The van der Waals surface area contributed by atoms with Crippen LogP contribution in [0.2, 0.25) is 0 Å². The molecule has 0 bridgehead atoms. The molecule has 1 aliphatic heterocycles. The number of rotatable bonds is 6. The Balaban J connectivity index is 2.00. The Morgan fingerprint density at radius 2 is 1.93 bits per heavy atom. The summed E-state index contributed by atoms with van der Waals surface area (Å²) in [6, 6.07) is 13.1. The van der Waals surface area contributed by atoms with Crippen LogP contribution in [0.4, 0.5) is 0 Å². The standard InChI is InChI=1S/C21H24N2O4/c1-5-27-20-9-7-6-8-17(20)19-13-18(22-23(19)14(2)24)16-11-10-15(25-3)12-21(16)26-4/h6-12,19H,5,13H2,1-4H3/t19-/m1/s1. The summed E-state index contributed by atoms with van der Waals surface area (Å²) in [4.78, 5) is 12.3. The van der Waals surface area contributed by atoms with Crippen molar-refractivity contribution in [3.05, 3.63) is 53.6 Å². The smallest absolute Gasteiger partial charge is 0.240 e. The number of ether oxygens (including phenoxy) is 3. The van der Waals surface area contributed by atoms with Crippen molar-refractivity contribution in [1.82, 2.24) is 5.01 Å². The minimum atomic E-state index is -0.216. The number of hydrazone groups is 1. The highest BCUT2D eigenvalue weighted by Crippen LogP contribution is 2.39. The van der Waals surface area contributed by atoms with Gasteiger partial charge in [0.25, 0.3) is 0 Å². The van der Waals surface area contributed by atoms with Gasteiger partial charge in [-0.2, -0.15) is 5.10 Å². The average molecular weight is 368 g/mol. The van der Waals surface area contributed by atoms with Gasteiger partial charge >= 0.3 is 0 Å². The molecule has 0 aromatic heterocycles. The SMILES string of the molecule is CCOc1ccccc1[C@H]1CC(c2ccc(OC)cc2OC)=NN1C(C)=O. The van der Waals surface area contributed by atoms with Crippen molar-refractivity contribution in [2.45, 2.75) is 26.3 Å². The Bertz CT molecular complexity index is 863. The van der Waals surface area contributed by atoms with Gasteiger partial charge in [-0.1, -0.05) is 18.2 Å². The summed E-state index contributed by atoms with van der Waals surface area (Å²) in [5.41, 5.74) is 2.59. The van der Waals surface area contributed by atoms with Gasteiger partial charge < -0.3 is 14.2 Å². The molecule has 0 saturated heterocycles. The first-order valence-electron chi connectivity index (χ1n) is 8.90. The van der Waals surface area contributed by atoms with E-state index in [-0.39, 0.29) is 11.9 Å². The maximum atomic E-state index is 12.3. The quantitative estimate of drug-likeness (QED) is 0.778. The van der Waals surface area contributed by atoms with Crippen LogP contribution in [0.5, 0.6) is 17.2 Å². The van der Waals surface area contributed by atoms with Gasteiger partial charge in [0.15, 0.2) is 0 Å². The predicted octanol–water partition coefficient (Wildman–Crippen LogP) is 3.80. The molecule has 1 amide bonds. The maximum Gasteiger partial charge on any atom is 0.240 e. The molecular formula is C21H24N2O4. The topological polar surface area (TPSA) is 60.4 Å². The fourth-order valence-corrected chi connectivity index (χ4v) is 3.29. The summed E-state index contributed by atoms with van der Waals surface area (Å²) in [5.74, 6) is 2.02.